The van der Waals surface area contributed by atoms with E-state index in [0.29, 0.717) is 11.1 Å². The number of rotatable bonds is 3. The third kappa shape index (κ3) is 1.43. The van der Waals surface area contributed by atoms with E-state index in [1.165, 1.54) is 4.90 Å². The van der Waals surface area contributed by atoms with Crippen molar-refractivity contribution < 1.29 is 9.59 Å². The Morgan fingerprint density at radius 1 is 1.00 bits per heavy atom. The molecule has 16 heavy (non-hydrogen) atoms. The van der Waals surface area contributed by atoms with Crippen molar-refractivity contribution in [1.82, 2.24) is 4.90 Å². The summed E-state index contributed by atoms with van der Waals surface area (Å²) in [5.41, 5.74) is 1.04. The summed E-state index contributed by atoms with van der Waals surface area (Å²) in [6.45, 7) is 3.92. The fraction of sp³-hybridized carbons (Fsp3) is 0.308. The Morgan fingerprint density at radius 2 is 1.44 bits per heavy atom. The molecule has 2 rings (SSSR count). The highest BCUT2D eigenvalue weighted by Gasteiger charge is 2.38. The number of hydrogen-bond acceptors (Lipinski definition) is 2. The fourth-order valence-electron chi connectivity index (χ4n) is 2.04. The number of hydrogen-bond donors (Lipinski definition) is 0. The molecule has 1 radical (unpaired) electrons. The van der Waals surface area contributed by atoms with Crippen LogP contribution >= 0.6 is 0 Å². The van der Waals surface area contributed by atoms with Gasteiger partial charge in [-0.05, 0) is 25.0 Å². The molecule has 3 nitrogen and oxygen atoms in total. The van der Waals surface area contributed by atoms with Crippen LogP contribution in [0, 0.1) is 6.04 Å². The molecule has 0 unspecified atom stereocenters. The van der Waals surface area contributed by atoms with Crippen LogP contribution in [0.3, 0.4) is 0 Å². The first-order valence-corrected chi connectivity index (χ1v) is 5.53. The first-order chi connectivity index (χ1) is 7.70. The van der Waals surface area contributed by atoms with Gasteiger partial charge in [-0.15, -0.1) is 0 Å². The van der Waals surface area contributed by atoms with Crippen LogP contribution in [0.1, 0.15) is 47.4 Å². The van der Waals surface area contributed by atoms with Crippen molar-refractivity contribution in [1.29, 1.82) is 0 Å². The zero-order valence-corrected chi connectivity index (χ0v) is 9.49. The van der Waals surface area contributed by atoms with Crippen LogP contribution in [-0.4, -0.2) is 16.7 Å². The van der Waals surface area contributed by atoms with Gasteiger partial charge in [0.05, 0.1) is 17.2 Å². The van der Waals surface area contributed by atoms with Crippen LogP contribution < -0.4 is 0 Å². The number of imide groups is 1. The maximum absolute atomic E-state index is 12.1. The van der Waals surface area contributed by atoms with Crippen molar-refractivity contribution in [2.24, 2.45) is 0 Å². The van der Waals surface area contributed by atoms with E-state index >= 15 is 0 Å². The molecule has 1 aromatic rings. The molecule has 1 aliphatic heterocycles. The van der Waals surface area contributed by atoms with Crippen LogP contribution in [0.25, 0.3) is 0 Å². The summed E-state index contributed by atoms with van der Waals surface area (Å²) in [6, 6.07) is 7.86. The van der Waals surface area contributed by atoms with Gasteiger partial charge in [0.15, 0.2) is 0 Å². The van der Waals surface area contributed by atoms with Crippen molar-refractivity contribution in [3.8, 4) is 0 Å². The zero-order valence-electron chi connectivity index (χ0n) is 9.49. The van der Waals surface area contributed by atoms with Crippen LogP contribution in [0.5, 0.6) is 0 Å². The van der Waals surface area contributed by atoms with Crippen molar-refractivity contribution in [2.45, 2.75) is 26.7 Å². The van der Waals surface area contributed by atoms with E-state index in [1.54, 1.807) is 24.3 Å². The Morgan fingerprint density at radius 3 is 1.81 bits per heavy atom. The van der Waals surface area contributed by atoms with Gasteiger partial charge < -0.3 is 0 Å². The largest absolute Gasteiger partial charge is 0.269 e. The van der Waals surface area contributed by atoms with Gasteiger partial charge in [0.25, 0.3) is 11.8 Å². The lowest BCUT2D eigenvalue weighted by molar-refractivity contribution is 0.0655. The van der Waals surface area contributed by atoms with Crippen molar-refractivity contribution in [3.63, 3.8) is 0 Å². The van der Waals surface area contributed by atoms with Gasteiger partial charge in [-0.3, -0.25) is 14.5 Å². The van der Waals surface area contributed by atoms with Crippen molar-refractivity contribution in [3.05, 3.63) is 41.4 Å². The number of carbonyl (C=O) groups is 2. The van der Waals surface area contributed by atoms with E-state index in [4.69, 9.17) is 0 Å². The third-order valence-corrected chi connectivity index (χ3v) is 2.93. The van der Waals surface area contributed by atoms with E-state index < -0.39 is 0 Å². The maximum Gasteiger partial charge on any atom is 0.262 e. The zero-order chi connectivity index (χ0) is 11.7. The second kappa shape index (κ2) is 4.08. The Labute approximate surface area is 95.1 Å². The molecule has 0 fully saturated rings. The molecule has 1 aliphatic rings. The van der Waals surface area contributed by atoms with E-state index in [-0.39, 0.29) is 11.8 Å². The van der Waals surface area contributed by atoms with Gasteiger partial charge in [0.1, 0.15) is 0 Å². The minimum Gasteiger partial charge on any atom is -0.269 e. The first-order valence-electron chi connectivity index (χ1n) is 5.53. The molecule has 1 aromatic carbocycles. The molecule has 1 heterocycles. The molecule has 0 spiro atoms. The molecule has 0 saturated carbocycles. The van der Waals surface area contributed by atoms with Gasteiger partial charge in [0.2, 0.25) is 0 Å². The van der Waals surface area contributed by atoms with Crippen molar-refractivity contribution in [2.75, 3.05) is 0 Å². The summed E-state index contributed by atoms with van der Waals surface area (Å²) < 4.78 is 0. The molecule has 0 saturated heterocycles. The average Bonchev–Trinajstić information content (AvgIpc) is 2.57. The van der Waals surface area contributed by atoms with Gasteiger partial charge >= 0.3 is 0 Å². The van der Waals surface area contributed by atoms with E-state index in [1.807, 2.05) is 13.8 Å². The monoisotopic (exact) mass is 216 g/mol. The topological polar surface area (TPSA) is 37.4 Å². The normalized spacial score (nSPS) is 14.8. The Hall–Kier alpha value is -1.64. The Balaban J connectivity index is 2.42. The first kappa shape index (κ1) is 10.9. The summed E-state index contributed by atoms with van der Waals surface area (Å²) in [4.78, 5) is 25.4. The second-order valence-electron chi connectivity index (χ2n) is 3.76. The summed E-state index contributed by atoms with van der Waals surface area (Å²) >= 11 is 0. The number of amides is 2. The molecule has 3 heteroatoms. The highest BCUT2D eigenvalue weighted by Crippen LogP contribution is 2.29. The molecule has 0 aromatic heterocycles. The molecule has 0 aliphatic carbocycles. The Kier molecular flexibility index (Phi) is 2.77. The van der Waals surface area contributed by atoms with E-state index in [9.17, 15) is 9.59 Å². The summed E-state index contributed by atoms with van der Waals surface area (Å²) in [5, 5.41) is 0. The molecule has 83 valence electrons. The van der Waals surface area contributed by atoms with Gasteiger partial charge in [-0.1, -0.05) is 26.0 Å². The summed E-state index contributed by atoms with van der Waals surface area (Å²) in [6.07, 6.45) is 1.45. The van der Waals surface area contributed by atoms with Crippen LogP contribution in [0.4, 0.5) is 0 Å². The SMILES string of the molecule is CC[C](CC)N1C(=O)c2ccccc2C1=O. The minimum atomic E-state index is -0.181. The lowest BCUT2D eigenvalue weighted by Crippen LogP contribution is -2.33. The smallest absolute Gasteiger partial charge is 0.262 e. The van der Waals surface area contributed by atoms with E-state index in [2.05, 4.69) is 0 Å². The van der Waals surface area contributed by atoms with Gasteiger partial charge in [-0.2, -0.15) is 0 Å². The molecule has 2 amide bonds. The van der Waals surface area contributed by atoms with E-state index in [0.717, 1.165) is 18.9 Å². The molecular weight excluding hydrogens is 202 g/mol. The predicted octanol–water partition coefficient (Wildman–Crippen LogP) is 2.63. The van der Waals surface area contributed by atoms with Crippen LogP contribution in [-0.2, 0) is 0 Å². The molecule has 0 N–H and O–H groups in total. The average molecular weight is 216 g/mol. The number of benzene rings is 1. The lowest BCUT2D eigenvalue weighted by atomic mass is 10.1. The quantitative estimate of drug-likeness (QED) is 0.728. The number of nitrogens with zero attached hydrogens (tertiary/aromatic N) is 1. The van der Waals surface area contributed by atoms with Crippen LogP contribution in [0.2, 0.25) is 0 Å². The molecule has 0 atom stereocenters. The lowest BCUT2D eigenvalue weighted by Gasteiger charge is -2.22. The minimum absolute atomic E-state index is 0.181. The summed E-state index contributed by atoms with van der Waals surface area (Å²) in [5.74, 6) is -0.362. The van der Waals surface area contributed by atoms with Gasteiger partial charge in [-0.25, -0.2) is 0 Å². The van der Waals surface area contributed by atoms with Crippen molar-refractivity contribution >= 4 is 11.8 Å². The Bertz CT molecular complexity index is 400. The highest BCUT2D eigenvalue weighted by molar-refractivity contribution is 6.22. The maximum atomic E-state index is 12.1. The summed E-state index contributed by atoms with van der Waals surface area (Å²) in [7, 11) is 0. The third-order valence-electron chi connectivity index (χ3n) is 2.93. The van der Waals surface area contributed by atoms with Gasteiger partial charge in [0, 0.05) is 0 Å². The number of fused-ring (bicyclic) bond motifs is 1. The number of carbonyl (C=O) groups excluding carboxylic acids is 2. The van der Waals surface area contributed by atoms with Crippen LogP contribution in [0.15, 0.2) is 24.3 Å². The molecule has 0 bridgehead atoms. The molecular formula is C13H14NO2. The second-order valence-corrected chi connectivity index (χ2v) is 3.76. The predicted molar refractivity (Wildman–Crippen MR) is 60.8 cm³/mol. The highest BCUT2D eigenvalue weighted by atomic mass is 16.2. The standard InChI is InChI=1S/C13H14NO2/c1-3-9(4-2)14-12(15)10-7-5-6-8-11(10)13(14)16/h5-8H,3-4H2,1-2H3. The fourth-order valence-corrected chi connectivity index (χ4v) is 2.04.